The number of carboxylic acid groups (broad SMARTS) is 1. The third-order valence-electron chi connectivity index (χ3n) is 1.27. The van der Waals surface area contributed by atoms with E-state index >= 15 is 0 Å². The van der Waals surface area contributed by atoms with Crippen molar-refractivity contribution in [2.75, 3.05) is 5.73 Å². The number of rotatable bonds is 1. The first kappa shape index (κ1) is 14.3. The number of aromatic carboxylic acids is 1. The molecule has 70 valence electrons. The second-order valence-electron chi connectivity index (χ2n) is 2.08. The number of carbonyl (C=O) groups excluding carboxylic acids is 1. The van der Waals surface area contributed by atoms with Crippen molar-refractivity contribution >= 4 is 46.5 Å². The monoisotopic (exact) mass is 262 g/mol. The van der Waals surface area contributed by atoms with Crippen LogP contribution < -0.4 is 40.4 Å². The van der Waals surface area contributed by atoms with Crippen LogP contribution in [0.2, 0.25) is 15.2 Å². The Bertz CT molecular complexity index is 386. The summed E-state index contributed by atoms with van der Waals surface area (Å²) < 4.78 is 0. The van der Waals surface area contributed by atoms with Crippen molar-refractivity contribution in [3.8, 4) is 0 Å². The molecule has 8 heteroatoms. The van der Waals surface area contributed by atoms with Crippen LogP contribution in [0.3, 0.4) is 0 Å². The van der Waals surface area contributed by atoms with Crippen molar-refractivity contribution in [1.29, 1.82) is 0 Å². The summed E-state index contributed by atoms with van der Waals surface area (Å²) in [7, 11) is 0. The first-order valence-electron chi connectivity index (χ1n) is 2.96. The molecule has 0 atom stereocenters. The van der Waals surface area contributed by atoms with Crippen LogP contribution in [0.15, 0.2) is 0 Å². The summed E-state index contributed by atoms with van der Waals surface area (Å²) in [4.78, 5) is 13.8. The van der Waals surface area contributed by atoms with Crippen molar-refractivity contribution in [2.24, 2.45) is 0 Å². The number of nitrogen functional groups attached to an aromatic ring is 1. The summed E-state index contributed by atoms with van der Waals surface area (Å²) in [5.41, 5.74) is 4.70. The minimum Gasteiger partial charge on any atom is -0.543 e. The maximum Gasteiger partial charge on any atom is 1.00 e. The number of nitrogens with zero attached hydrogens (tertiary/aromatic N) is 1. The molecule has 4 nitrogen and oxygen atoms in total. The summed E-state index contributed by atoms with van der Waals surface area (Å²) >= 11 is 16.5. The summed E-state index contributed by atoms with van der Waals surface area (Å²) in [6.07, 6.45) is 0. The molecule has 0 unspecified atom stereocenters. The van der Waals surface area contributed by atoms with Crippen LogP contribution >= 0.6 is 34.8 Å². The van der Waals surface area contributed by atoms with Gasteiger partial charge in [0.2, 0.25) is 0 Å². The van der Waals surface area contributed by atoms with Gasteiger partial charge in [0, 0.05) is 0 Å². The van der Waals surface area contributed by atoms with Crippen molar-refractivity contribution < 1.29 is 39.5 Å². The number of hydrogen-bond acceptors (Lipinski definition) is 4. The molecule has 0 bridgehead atoms. The molecule has 0 saturated heterocycles. The Morgan fingerprint density at radius 1 is 1.29 bits per heavy atom. The van der Waals surface area contributed by atoms with Gasteiger partial charge in [-0.15, -0.1) is 0 Å². The van der Waals surface area contributed by atoms with Gasteiger partial charge >= 0.3 is 29.6 Å². The summed E-state index contributed by atoms with van der Waals surface area (Å²) in [5, 5.41) is 9.86. The van der Waals surface area contributed by atoms with Gasteiger partial charge in [0.1, 0.15) is 10.7 Å². The summed E-state index contributed by atoms with van der Waals surface area (Å²) in [5.74, 6) is -1.56. The predicted octanol–water partition coefficient (Wildman–Crippen LogP) is -2.01. The Kier molecular flexibility index (Phi) is 5.51. The van der Waals surface area contributed by atoms with Gasteiger partial charge in [-0.3, -0.25) is 0 Å². The van der Waals surface area contributed by atoms with E-state index < -0.39 is 11.7 Å². The van der Waals surface area contributed by atoms with E-state index in [9.17, 15) is 9.90 Å². The summed E-state index contributed by atoms with van der Waals surface area (Å²) in [6, 6.07) is 0. The topological polar surface area (TPSA) is 79.0 Å². The Balaban J connectivity index is 0.00000169. The normalized spacial score (nSPS) is 9.36. The first-order chi connectivity index (χ1) is 5.95. The number of pyridine rings is 1. The SMILES string of the molecule is Nc1c(Cl)c(Cl)nc(C(=O)[O-])c1Cl.[Na+]. The van der Waals surface area contributed by atoms with Crippen molar-refractivity contribution in [3.05, 3.63) is 20.9 Å². The van der Waals surface area contributed by atoms with Crippen molar-refractivity contribution in [3.63, 3.8) is 0 Å². The Morgan fingerprint density at radius 3 is 2.21 bits per heavy atom. The second kappa shape index (κ2) is 5.39. The van der Waals surface area contributed by atoms with E-state index in [0.717, 1.165) is 0 Å². The maximum atomic E-state index is 10.4. The number of halogens is 3. The molecule has 1 heterocycles. The van der Waals surface area contributed by atoms with Crippen LogP contribution in [0.25, 0.3) is 0 Å². The predicted molar refractivity (Wildman–Crippen MR) is 48.0 cm³/mol. The van der Waals surface area contributed by atoms with Crippen LogP contribution in [0.5, 0.6) is 0 Å². The van der Waals surface area contributed by atoms with Gasteiger partial charge in [-0.1, -0.05) is 34.8 Å². The molecule has 0 amide bonds. The molecule has 14 heavy (non-hydrogen) atoms. The molecule has 0 spiro atoms. The first-order valence-corrected chi connectivity index (χ1v) is 4.09. The van der Waals surface area contributed by atoms with Crippen LogP contribution in [-0.2, 0) is 0 Å². The molecule has 0 aliphatic rings. The van der Waals surface area contributed by atoms with Gasteiger partial charge in [-0.25, -0.2) is 4.98 Å². The van der Waals surface area contributed by atoms with E-state index in [4.69, 9.17) is 40.5 Å². The Morgan fingerprint density at radius 2 is 1.79 bits per heavy atom. The molecule has 0 saturated carbocycles. The fourth-order valence-corrected chi connectivity index (χ4v) is 1.25. The molecular weight excluding hydrogens is 261 g/mol. The van der Waals surface area contributed by atoms with Gasteiger partial charge in [-0.2, -0.15) is 0 Å². The number of nitrogens with two attached hydrogens (primary N) is 1. The van der Waals surface area contributed by atoms with Crippen LogP contribution in [-0.4, -0.2) is 11.0 Å². The number of hydrogen-bond donors (Lipinski definition) is 1. The van der Waals surface area contributed by atoms with Crippen molar-refractivity contribution in [1.82, 2.24) is 4.98 Å². The standard InChI is InChI=1S/C6H3Cl3N2O2.Na/c7-1-3(10)2(8)5(9)11-4(1)6(12)13;/h(H2,10,11)(H,12,13);/q;+1/p-1. The van der Waals surface area contributed by atoms with Gasteiger partial charge < -0.3 is 15.6 Å². The van der Waals surface area contributed by atoms with Crippen LogP contribution in [0.1, 0.15) is 10.5 Å². The molecule has 1 rings (SSSR count). The molecule has 0 aliphatic heterocycles. The third-order valence-corrected chi connectivity index (χ3v) is 2.40. The average Bonchev–Trinajstić information content (AvgIpc) is 2.07. The number of aromatic nitrogens is 1. The molecule has 2 N–H and O–H groups in total. The average molecular weight is 263 g/mol. The smallest absolute Gasteiger partial charge is 0.543 e. The van der Waals surface area contributed by atoms with Crippen molar-refractivity contribution in [2.45, 2.75) is 0 Å². The Labute approximate surface area is 117 Å². The molecule has 0 aromatic carbocycles. The number of carbonyl (C=O) groups is 1. The molecule has 1 aromatic rings. The van der Waals surface area contributed by atoms with Crippen LogP contribution in [0.4, 0.5) is 5.69 Å². The van der Waals surface area contributed by atoms with E-state index in [1.54, 1.807) is 0 Å². The summed E-state index contributed by atoms with van der Waals surface area (Å²) in [6.45, 7) is 0. The zero-order valence-electron chi connectivity index (χ0n) is 6.97. The molecule has 0 radical (unpaired) electrons. The van der Waals surface area contributed by atoms with E-state index in [1.807, 2.05) is 0 Å². The Hall–Kier alpha value is 0.290. The van der Waals surface area contributed by atoms with E-state index in [0.29, 0.717) is 0 Å². The zero-order valence-corrected chi connectivity index (χ0v) is 11.2. The fourth-order valence-electron chi connectivity index (χ4n) is 0.667. The largest absolute Gasteiger partial charge is 1.00 e. The van der Waals surface area contributed by atoms with Gasteiger partial charge in [-0.05, 0) is 0 Å². The quantitative estimate of drug-likeness (QED) is 0.469. The molecule has 1 aromatic heterocycles. The fraction of sp³-hybridized carbons (Fsp3) is 0. The zero-order chi connectivity index (χ0) is 10.2. The van der Waals surface area contributed by atoms with E-state index in [2.05, 4.69) is 4.98 Å². The second-order valence-corrected chi connectivity index (χ2v) is 3.19. The van der Waals surface area contributed by atoms with Crippen LogP contribution in [0, 0.1) is 0 Å². The van der Waals surface area contributed by atoms with Gasteiger partial charge in [0.05, 0.1) is 16.7 Å². The van der Waals surface area contributed by atoms with Gasteiger partial charge in [0.25, 0.3) is 0 Å². The maximum absolute atomic E-state index is 10.4. The molecular formula is C6H2Cl3N2NaO2. The minimum atomic E-state index is -1.56. The number of anilines is 1. The van der Waals surface area contributed by atoms with Gasteiger partial charge in [0.15, 0.2) is 5.15 Å². The molecule has 0 aliphatic carbocycles. The minimum absolute atomic E-state index is 0. The van der Waals surface area contributed by atoms with E-state index in [1.165, 1.54) is 0 Å². The molecule has 0 fully saturated rings. The van der Waals surface area contributed by atoms with E-state index in [-0.39, 0.29) is 50.4 Å². The third kappa shape index (κ3) is 2.66. The number of carboxylic acids is 1.